The molecule has 8 heteroatoms. The number of aromatic nitrogens is 2. The van der Waals surface area contributed by atoms with Crippen molar-refractivity contribution in [2.45, 2.75) is 25.1 Å². The van der Waals surface area contributed by atoms with E-state index >= 15 is 0 Å². The number of H-pyrrole nitrogens is 1. The molecule has 1 aromatic heterocycles. The van der Waals surface area contributed by atoms with E-state index in [1.807, 2.05) is 0 Å². The summed E-state index contributed by atoms with van der Waals surface area (Å²) in [6, 6.07) is 1.95. The second-order valence-electron chi connectivity index (χ2n) is 5.56. The number of sulfone groups is 1. The largest absolute Gasteiger partial charge is 0.344 e. The molecule has 1 amide bonds. The first kappa shape index (κ1) is 15.0. The minimum absolute atomic E-state index is 0.0801. The highest BCUT2D eigenvalue weighted by Crippen LogP contribution is 2.24. The lowest BCUT2D eigenvalue weighted by Crippen LogP contribution is -2.54. The Morgan fingerprint density at radius 2 is 2.14 bits per heavy atom. The summed E-state index contributed by atoms with van der Waals surface area (Å²) < 4.78 is 37.5. The fourth-order valence-electron chi connectivity index (χ4n) is 2.79. The normalized spacial score (nSPS) is 24.6. The predicted octanol–water partition coefficient (Wildman–Crippen LogP) is 1.35. The van der Waals surface area contributed by atoms with Gasteiger partial charge in [0.2, 0.25) is 0 Å². The zero-order valence-electron chi connectivity index (χ0n) is 12.2. The molecule has 1 fully saturated rings. The molecule has 1 aliphatic heterocycles. The molecule has 3 rings (SSSR count). The van der Waals surface area contributed by atoms with E-state index in [1.165, 1.54) is 17.3 Å². The molecule has 2 unspecified atom stereocenters. The highest BCUT2D eigenvalue weighted by atomic mass is 32.2. The van der Waals surface area contributed by atoms with E-state index in [4.69, 9.17) is 0 Å². The fourth-order valence-corrected chi connectivity index (χ4v) is 4.36. The van der Waals surface area contributed by atoms with Gasteiger partial charge in [0.1, 0.15) is 11.3 Å². The number of fused-ring (bicyclic) bond motifs is 1. The summed E-state index contributed by atoms with van der Waals surface area (Å²) in [6.07, 6.45) is 1.40. The first-order chi connectivity index (χ1) is 10.3. The number of nitrogens with one attached hydrogen (secondary N) is 1. The molecule has 0 radical (unpaired) electrons. The summed E-state index contributed by atoms with van der Waals surface area (Å²) in [5.41, 5.74) is 0.975. The van der Waals surface area contributed by atoms with E-state index < -0.39 is 32.9 Å². The number of halogens is 1. The van der Waals surface area contributed by atoms with Crippen LogP contribution in [0, 0.1) is 5.82 Å². The van der Waals surface area contributed by atoms with Gasteiger partial charge in [0.25, 0.3) is 5.91 Å². The molecule has 1 saturated heterocycles. The maximum atomic E-state index is 13.7. The maximum Gasteiger partial charge on any atom is 0.256 e. The van der Waals surface area contributed by atoms with E-state index in [2.05, 4.69) is 9.97 Å². The van der Waals surface area contributed by atoms with Crippen molar-refractivity contribution in [2.24, 2.45) is 0 Å². The van der Waals surface area contributed by atoms with Crippen molar-refractivity contribution >= 4 is 26.8 Å². The number of benzene rings is 1. The molecule has 2 heterocycles. The Morgan fingerprint density at radius 3 is 2.86 bits per heavy atom. The molecule has 0 aliphatic carbocycles. The number of imidazole rings is 1. The minimum Gasteiger partial charge on any atom is -0.344 e. The van der Waals surface area contributed by atoms with E-state index in [-0.39, 0.29) is 17.9 Å². The third-order valence-electron chi connectivity index (χ3n) is 4.33. The lowest BCUT2D eigenvalue weighted by atomic mass is 10.1. The Morgan fingerprint density at radius 1 is 1.41 bits per heavy atom. The number of rotatable bonds is 1. The molecule has 1 aromatic carbocycles. The van der Waals surface area contributed by atoms with Crippen LogP contribution in [0.2, 0.25) is 0 Å². The number of carbonyl (C=O) groups is 1. The lowest BCUT2D eigenvalue weighted by Gasteiger charge is -2.37. The summed E-state index contributed by atoms with van der Waals surface area (Å²) >= 11 is 0. The summed E-state index contributed by atoms with van der Waals surface area (Å²) in [6.45, 7) is 3.39. The van der Waals surface area contributed by atoms with Crippen molar-refractivity contribution < 1.29 is 17.6 Å². The third-order valence-corrected chi connectivity index (χ3v) is 6.61. The predicted molar refractivity (Wildman–Crippen MR) is 79.8 cm³/mol. The van der Waals surface area contributed by atoms with Crippen molar-refractivity contribution in [3.8, 4) is 0 Å². The first-order valence-electron chi connectivity index (χ1n) is 6.96. The van der Waals surface area contributed by atoms with Crippen LogP contribution < -0.4 is 0 Å². The second-order valence-corrected chi connectivity index (χ2v) is 8.04. The van der Waals surface area contributed by atoms with Crippen LogP contribution in [0.4, 0.5) is 4.39 Å². The number of carbonyl (C=O) groups excluding carboxylic acids is 1. The van der Waals surface area contributed by atoms with Crippen molar-refractivity contribution in [2.75, 3.05) is 12.3 Å². The van der Waals surface area contributed by atoms with E-state index in [0.29, 0.717) is 11.0 Å². The first-order valence-corrected chi connectivity index (χ1v) is 8.68. The Bertz CT molecular complexity index is 846. The summed E-state index contributed by atoms with van der Waals surface area (Å²) in [5.74, 6) is -1.01. The Balaban J connectivity index is 2.02. The van der Waals surface area contributed by atoms with Gasteiger partial charge in [0.05, 0.1) is 28.4 Å². The van der Waals surface area contributed by atoms with Gasteiger partial charge in [0.15, 0.2) is 9.84 Å². The van der Waals surface area contributed by atoms with Crippen LogP contribution in [0.1, 0.15) is 24.2 Å². The molecular weight excluding hydrogens is 309 g/mol. The van der Waals surface area contributed by atoms with Crippen LogP contribution in [0.5, 0.6) is 0 Å². The number of aromatic amines is 1. The molecule has 118 valence electrons. The third kappa shape index (κ3) is 2.27. The van der Waals surface area contributed by atoms with Gasteiger partial charge in [-0.05, 0) is 26.0 Å². The van der Waals surface area contributed by atoms with Crippen LogP contribution in [0.3, 0.4) is 0 Å². The number of amides is 1. The highest BCUT2D eigenvalue weighted by molar-refractivity contribution is 7.92. The number of nitrogens with zero attached hydrogens (tertiary/aromatic N) is 2. The molecule has 6 nitrogen and oxygen atoms in total. The Labute approximate surface area is 127 Å². The Kier molecular flexibility index (Phi) is 3.43. The zero-order valence-corrected chi connectivity index (χ0v) is 13.0. The summed E-state index contributed by atoms with van der Waals surface area (Å²) in [7, 11) is -3.19. The monoisotopic (exact) mass is 325 g/mol. The Hall–Kier alpha value is -1.96. The van der Waals surface area contributed by atoms with Gasteiger partial charge in [-0.3, -0.25) is 4.79 Å². The van der Waals surface area contributed by atoms with Crippen LogP contribution in [-0.2, 0) is 9.84 Å². The smallest absolute Gasteiger partial charge is 0.256 e. The van der Waals surface area contributed by atoms with Crippen LogP contribution in [-0.4, -0.2) is 52.8 Å². The van der Waals surface area contributed by atoms with Crippen molar-refractivity contribution in [1.29, 1.82) is 0 Å². The minimum atomic E-state index is -3.19. The molecule has 22 heavy (non-hydrogen) atoms. The van der Waals surface area contributed by atoms with Gasteiger partial charge in [-0.2, -0.15) is 0 Å². The van der Waals surface area contributed by atoms with Gasteiger partial charge < -0.3 is 9.88 Å². The van der Waals surface area contributed by atoms with Crippen molar-refractivity contribution in [1.82, 2.24) is 14.9 Å². The molecule has 1 aliphatic rings. The van der Waals surface area contributed by atoms with Gasteiger partial charge in [-0.25, -0.2) is 17.8 Å². The molecule has 1 N–H and O–H groups in total. The van der Waals surface area contributed by atoms with Gasteiger partial charge in [-0.15, -0.1) is 0 Å². The quantitative estimate of drug-likeness (QED) is 0.858. The van der Waals surface area contributed by atoms with Crippen LogP contribution >= 0.6 is 0 Å². The molecule has 2 atom stereocenters. The van der Waals surface area contributed by atoms with E-state index in [1.54, 1.807) is 13.8 Å². The van der Waals surface area contributed by atoms with Gasteiger partial charge in [-0.1, -0.05) is 0 Å². The van der Waals surface area contributed by atoms with E-state index in [9.17, 15) is 17.6 Å². The van der Waals surface area contributed by atoms with Crippen molar-refractivity contribution in [3.63, 3.8) is 0 Å². The molecule has 0 bridgehead atoms. The SMILES string of the molecule is CC1C(C)S(=O)(=O)CCN1C(=O)c1cc(F)cc2[nH]cnc12. The highest BCUT2D eigenvalue weighted by Gasteiger charge is 2.38. The number of hydrogen-bond acceptors (Lipinski definition) is 4. The van der Waals surface area contributed by atoms with Crippen LogP contribution in [0.15, 0.2) is 18.5 Å². The summed E-state index contributed by atoms with van der Waals surface area (Å²) in [5, 5.41) is -0.645. The zero-order chi connectivity index (χ0) is 16.1. The van der Waals surface area contributed by atoms with E-state index in [0.717, 1.165) is 6.07 Å². The molecule has 2 aromatic rings. The molecule has 0 spiro atoms. The summed E-state index contributed by atoms with van der Waals surface area (Å²) in [4.78, 5) is 21.1. The molecular formula is C14H16FN3O3S. The fraction of sp³-hybridized carbons (Fsp3) is 0.429. The van der Waals surface area contributed by atoms with Crippen molar-refractivity contribution in [3.05, 3.63) is 29.8 Å². The topological polar surface area (TPSA) is 83.1 Å². The standard InChI is InChI=1S/C14H16FN3O3S/c1-8-9(2)22(20,21)4-3-18(8)14(19)11-5-10(15)6-12-13(11)17-7-16-12/h5-9H,3-4H2,1-2H3,(H,16,17). The second kappa shape index (κ2) is 5.05. The van der Waals surface area contributed by atoms with Gasteiger partial charge in [0, 0.05) is 12.6 Å². The number of hydrogen-bond donors (Lipinski definition) is 1. The van der Waals surface area contributed by atoms with Crippen LogP contribution in [0.25, 0.3) is 11.0 Å². The average molecular weight is 325 g/mol. The molecule has 0 saturated carbocycles. The average Bonchev–Trinajstić information content (AvgIpc) is 2.91. The van der Waals surface area contributed by atoms with Gasteiger partial charge >= 0.3 is 0 Å². The lowest BCUT2D eigenvalue weighted by molar-refractivity contribution is 0.0694. The maximum absolute atomic E-state index is 13.7.